The molecule has 0 saturated heterocycles. The Labute approximate surface area is 131 Å². The van der Waals surface area contributed by atoms with Gasteiger partial charge < -0.3 is 9.97 Å². The molecule has 2 aromatic rings. The van der Waals surface area contributed by atoms with Crippen molar-refractivity contribution in [2.45, 2.75) is 39.0 Å². The normalized spacial score (nSPS) is 17.5. The van der Waals surface area contributed by atoms with Gasteiger partial charge in [0.05, 0.1) is 11.0 Å². The lowest BCUT2D eigenvalue weighted by Gasteiger charge is -2.27. The minimum absolute atomic E-state index is 0.130. The minimum atomic E-state index is -0.130. The number of nitrogens with zero attached hydrogens (tertiary/aromatic N) is 1. The molecule has 0 fully saturated rings. The number of hydrogen-bond donors (Lipinski definition) is 2. The first-order valence-corrected chi connectivity index (χ1v) is 7.65. The second-order valence-electron chi connectivity index (χ2n) is 6.33. The number of rotatable bonds is 2. The highest BCUT2D eigenvalue weighted by Crippen LogP contribution is 2.42. The number of aromatic amines is 2. The van der Waals surface area contributed by atoms with Crippen LogP contribution in [0.4, 0.5) is 0 Å². The van der Waals surface area contributed by atoms with Crippen LogP contribution in [-0.4, -0.2) is 9.97 Å². The summed E-state index contributed by atoms with van der Waals surface area (Å²) in [5, 5.41) is 9.09. The summed E-state index contributed by atoms with van der Waals surface area (Å²) in [5.74, 6) is 0. The van der Waals surface area contributed by atoms with Gasteiger partial charge in [0.25, 0.3) is 0 Å². The fourth-order valence-electron chi connectivity index (χ4n) is 3.66. The molecule has 0 bridgehead atoms. The van der Waals surface area contributed by atoms with E-state index in [9.17, 15) is 0 Å². The van der Waals surface area contributed by atoms with E-state index in [2.05, 4.69) is 48.6 Å². The molecule has 0 spiro atoms. The van der Waals surface area contributed by atoms with Gasteiger partial charge in [0.2, 0.25) is 0 Å². The highest BCUT2D eigenvalue weighted by molar-refractivity contribution is 5.84. The third-order valence-electron chi connectivity index (χ3n) is 4.66. The summed E-state index contributed by atoms with van der Waals surface area (Å²) in [4.78, 5) is 6.78. The third kappa shape index (κ3) is 1.95. The lowest BCUT2D eigenvalue weighted by atomic mass is 9.78. The maximum atomic E-state index is 9.09. The van der Waals surface area contributed by atoms with E-state index in [-0.39, 0.29) is 5.41 Å². The number of aromatic nitrogens is 2. The van der Waals surface area contributed by atoms with Crippen molar-refractivity contribution in [1.82, 2.24) is 9.97 Å². The predicted octanol–water partition coefficient (Wildman–Crippen LogP) is 4.65. The van der Waals surface area contributed by atoms with Crippen molar-refractivity contribution in [3.05, 3.63) is 59.0 Å². The summed E-state index contributed by atoms with van der Waals surface area (Å²) in [6, 6.07) is 4.07. The summed E-state index contributed by atoms with van der Waals surface area (Å²) >= 11 is 0. The van der Waals surface area contributed by atoms with E-state index >= 15 is 0 Å². The van der Waals surface area contributed by atoms with Gasteiger partial charge in [-0.05, 0) is 42.5 Å². The summed E-state index contributed by atoms with van der Waals surface area (Å²) < 4.78 is 0. The maximum Gasteiger partial charge on any atom is 0.120 e. The third-order valence-corrected chi connectivity index (χ3v) is 4.66. The molecule has 3 heteroatoms. The highest BCUT2D eigenvalue weighted by Gasteiger charge is 2.33. The van der Waals surface area contributed by atoms with Gasteiger partial charge in [-0.2, -0.15) is 5.26 Å². The van der Waals surface area contributed by atoms with Crippen molar-refractivity contribution in [2.24, 2.45) is 0 Å². The van der Waals surface area contributed by atoms with Crippen molar-refractivity contribution >= 4 is 11.0 Å². The van der Waals surface area contributed by atoms with Gasteiger partial charge in [-0.15, -0.1) is 0 Å². The van der Waals surface area contributed by atoms with Crippen LogP contribution in [0.1, 0.15) is 44.1 Å². The largest absolute Gasteiger partial charge is 0.356 e. The van der Waals surface area contributed by atoms with E-state index in [1.54, 1.807) is 0 Å². The monoisotopic (exact) mass is 291 g/mol. The minimum Gasteiger partial charge on any atom is -0.356 e. The van der Waals surface area contributed by atoms with Crippen LogP contribution in [-0.2, 0) is 11.8 Å². The molecule has 0 aromatic carbocycles. The molecule has 0 aliphatic heterocycles. The number of fused-ring (bicyclic) bond motifs is 3. The van der Waals surface area contributed by atoms with Crippen LogP contribution < -0.4 is 0 Å². The van der Waals surface area contributed by atoms with Crippen LogP contribution in [0.3, 0.4) is 0 Å². The van der Waals surface area contributed by atoms with Crippen molar-refractivity contribution < 1.29 is 0 Å². The molecule has 3 rings (SSSR count). The summed E-state index contributed by atoms with van der Waals surface area (Å²) in [7, 11) is 0. The number of allylic oxidation sites excluding steroid dienone is 5. The molecule has 1 aliphatic rings. The molecular weight excluding hydrogens is 270 g/mol. The fraction of sp³-hybridized carbons (Fsp3) is 0.316. The molecular formula is C19H21N3. The van der Waals surface area contributed by atoms with E-state index in [1.165, 1.54) is 22.4 Å². The standard InChI is InChI=1S/C19H21N3/c1-5-7-12-8-9-14-17-16(10-13(11-20)21-17)22-18(14)19(3,4)15(12)6-2/h5-7,10,21-22H,2,8-9H2,1,3-4H3/b7-5-. The predicted molar refractivity (Wildman–Crippen MR) is 90.7 cm³/mol. The number of aryl methyl sites for hydroxylation is 1. The van der Waals surface area contributed by atoms with E-state index < -0.39 is 0 Å². The van der Waals surface area contributed by atoms with Gasteiger partial charge >= 0.3 is 0 Å². The van der Waals surface area contributed by atoms with Crippen molar-refractivity contribution in [3.63, 3.8) is 0 Å². The molecule has 22 heavy (non-hydrogen) atoms. The van der Waals surface area contributed by atoms with Gasteiger partial charge in [0.15, 0.2) is 0 Å². The van der Waals surface area contributed by atoms with Gasteiger partial charge in [-0.25, -0.2) is 0 Å². The Morgan fingerprint density at radius 2 is 2.09 bits per heavy atom. The second kappa shape index (κ2) is 5.06. The quantitative estimate of drug-likeness (QED) is 0.831. The van der Waals surface area contributed by atoms with E-state index in [1.807, 2.05) is 19.1 Å². The van der Waals surface area contributed by atoms with Crippen LogP contribution in [0.2, 0.25) is 0 Å². The fourth-order valence-corrected chi connectivity index (χ4v) is 3.66. The van der Waals surface area contributed by atoms with Crippen LogP contribution in [0.5, 0.6) is 0 Å². The molecule has 0 radical (unpaired) electrons. The number of nitriles is 1. The zero-order valence-electron chi connectivity index (χ0n) is 13.4. The van der Waals surface area contributed by atoms with E-state index in [0.717, 1.165) is 23.9 Å². The molecule has 2 heterocycles. The average Bonchev–Trinajstić information content (AvgIpc) is 3.00. The molecule has 0 atom stereocenters. The Hall–Kier alpha value is -2.47. The maximum absolute atomic E-state index is 9.09. The Morgan fingerprint density at radius 3 is 2.73 bits per heavy atom. The first-order valence-electron chi connectivity index (χ1n) is 7.65. The molecule has 2 N–H and O–H groups in total. The Balaban J connectivity index is 2.25. The van der Waals surface area contributed by atoms with Crippen LogP contribution in [0.25, 0.3) is 11.0 Å². The molecule has 0 amide bonds. The van der Waals surface area contributed by atoms with Crippen molar-refractivity contribution in [1.29, 1.82) is 5.26 Å². The average molecular weight is 291 g/mol. The lowest BCUT2D eigenvalue weighted by molar-refractivity contribution is 0.617. The topological polar surface area (TPSA) is 55.4 Å². The van der Waals surface area contributed by atoms with Crippen molar-refractivity contribution in [3.8, 4) is 6.07 Å². The summed E-state index contributed by atoms with van der Waals surface area (Å²) in [5.41, 5.74) is 7.71. The number of nitrogens with one attached hydrogen (secondary N) is 2. The first kappa shape index (κ1) is 14.5. The molecule has 112 valence electrons. The lowest BCUT2D eigenvalue weighted by Crippen LogP contribution is -2.21. The summed E-state index contributed by atoms with van der Waals surface area (Å²) in [6.07, 6.45) is 8.21. The van der Waals surface area contributed by atoms with Crippen molar-refractivity contribution in [2.75, 3.05) is 0 Å². The van der Waals surface area contributed by atoms with Crippen LogP contribution >= 0.6 is 0 Å². The van der Waals surface area contributed by atoms with Gasteiger partial charge in [0, 0.05) is 11.1 Å². The highest BCUT2D eigenvalue weighted by atomic mass is 14.8. The second-order valence-corrected chi connectivity index (χ2v) is 6.33. The Kier molecular flexibility index (Phi) is 3.33. The zero-order chi connectivity index (χ0) is 15.9. The van der Waals surface area contributed by atoms with Gasteiger partial charge in [-0.3, -0.25) is 0 Å². The van der Waals surface area contributed by atoms with Gasteiger partial charge in [0.1, 0.15) is 11.8 Å². The Bertz CT molecular complexity index is 847. The SMILES string of the molecule is C=CC1=C(/C=C\C)CCc2c([nH]c3cc(C#N)[nH]c23)C1(C)C. The summed E-state index contributed by atoms with van der Waals surface area (Å²) in [6.45, 7) is 10.6. The Morgan fingerprint density at radius 1 is 1.32 bits per heavy atom. The van der Waals surface area contributed by atoms with Gasteiger partial charge in [-0.1, -0.05) is 38.7 Å². The first-order chi connectivity index (χ1) is 10.5. The van der Waals surface area contributed by atoms with Crippen LogP contribution in [0, 0.1) is 11.3 Å². The molecule has 0 unspecified atom stereocenters. The number of hydrogen-bond acceptors (Lipinski definition) is 1. The molecule has 1 aliphatic carbocycles. The molecule has 2 aromatic heterocycles. The molecule has 3 nitrogen and oxygen atoms in total. The molecule has 0 saturated carbocycles. The zero-order valence-corrected chi connectivity index (χ0v) is 13.4. The van der Waals surface area contributed by atoms with E-state index in [0.29, 0.717) is 5.69 Å². The smallest absolute Gasteiger partial charge is 0.120 e. The number of H-pyrrole nitrogens is 2. The van der Waals surface area contributed by atoms with E-state index in [4.69, 9.17) is 5.26 Å². The van der Waals surface area contributed by atoms with Crippen LogP contribution in [0.15, 0.2) is 42.0 Å².